The normalized spacial score (nSPS) is 19.5. The minimum absolute atomic E-state index is 0.173. The fraction of sp³-hybridized carbons (Fsp3) is 0.355. The molecule has 2 fully saturated rings. The van der Waals surface area contributed by atoms with E-state index in [1.165, 1.54) is 18.3 Å². The Kier molecular flexibility index (Phi) is 7.49. The fourth-order valence-corrected chi connectivity index (χ4v) is 6.01. The van der Waals surface area contributed by atoms with Crippen molar-refractivity contribution in [2.45, 2.75) is 44.8 Å². The number of halogens is 2. The maximum Gasteiger partial charge on any atom is 0.255 e. The lowest BCUT2D eigenvalue weighted by atomic mass is 9.96. The highest BCUT2D eigenvalue weighted by molar-refractivity contribution is 6.05. The van der Waals surface area contributed by atoms with E-state index in [-0.39, 0.29) is 18.2 Å². The summed E-state index contributed by atoms with van der Waals surface area (Å²) < 4.78 is 29.0. The van der Waals surface area contributed by atoms with Crippen LogP contribution in [0.25, 0.3) is 11.1 Å². The van der Waals surface area contributed by atoms with Crippen molar-refractivity contribution in [2.75, 3.05) is 24.5 Å². The number of anilines is 1. The van der Waals surface area contributed by atoms with Crippen LogP contribution in [0.4, 0.5) is 14.6 Å². The van der Waals surface area contributed by atoms with Gasteiger partial charge in [-0.25, -0.2) is 13.8 Å². The molecule has 1 aromatic heterocycles. The Morgan fingerprint density at radius 2 is 1.76 bits per heavy atom. The van der Waals surface area contributed by atoms with Crippen molar-refractivity contribution < 1.29 is 23.2 Å². The summed E-state index contributed by atoms with van der Waals surface area (Å²) in [6, 6.07) is 12.8. The zero-order chi connectivity index (χ0) is 28.5. The van der Waals surface area contributed by atoms with Crippen LogP contribution in [0.5, 0.6) is 0 Å². The number of nitrogens with zero attached hydrogens (tertiary/aromatic N) is 3. The summed E-state index contributed by atoms with van der Waals surface area (Å²) in [4.78, 5) is 44.5. The molecular formula is C31H31F2N5O3. The Hall–Kier alpha value is -4.18. The number of benzene rings is 2. The molecule has 41 heavy (non-hydrogen) atoms. The molecule has 3 aliphatic heterocycles. The predicted molar refractivity (Wildman–Crippen MR) is 149 cm³/mol. The first kappa shape index (κ1) is 27.0. The van der Waals surface area contributed by atoms with Crippen molar-refractivity contribution >= 4 is 23.5 Å². The van der Waals surface area contributed by atoms with E-state index in [0.717, 1.165) is 30.5 Å². The Balaban J connectivity index is 0.992. The second-order valence-corrected chi connectivity index (χ2v) is 11.0. The number of aromatic nitrogens is 1. The van der Waals surface area contributed by atoms with Crippen LogP contribution in [-0.2, 0) is 22.7 Å². The molecule has 6 rings (SSSR count). The zero-order valence-electron chi connectivity index (χ0n) is 22.5. The van der Waals surface area contributed by atoms with Crippen LogP contribution < -0.4 is 15.5 Å². The summed E-state index contributed by atoms with van der Waals surface area (Å²) in [5.41, 5.74) is 3.30. The van der Waals surface area contributed by atoms with Crippen molar-refractivity contribution in [1.29, 1.82) is 0 Å². The highest BCUT2D eigenvalue weighted by Crippen LogP contribution is 2.30. The van der Waals surface area contributed by atoms with Crippen LogP contribution in [0.15, 0.2) is 54.7 Å². The molecule has 3 amide bonds. The first-order valence-electron chi connectivity index (χ1n) is 14.0. The SMILES string of the molecule is O=C1CCC(N2Cc3cc(CNCC4CCN(c5ncc(-c6ccccc6F)cc5F)CC4)ccc3C2=O)C(=O)N1. The lowest BCUT2D eigenvalue weighted by molar-refractivity contribution is -0.136. The lowest BCUT2D eigenvalue weighted by Gasteiger charge is -2.33. The summed E-state index contributed by atoms with van der Waals surface area (Å²) in [7, 11) is 0. The number of pyridine rings is 1. The summed E-state index contributed by atoms with van der Waals surface area (Å²) in [5, 5.41) is 5.84. The quantitative estimate of drug-likeness (QED) is 0.428. The van der Waals surface area contributed by atoms with E-state index in [1.807, 2.05) is 23.1 Å². The van der Waals surface area contributed by atoms with E-state index in [9.17, 15) is 23.2 Å². The predicted octanol–water partition coefficient (Wildman–Crippen LogP) is 3.79. The van der Waals surface area contributed by atoms with Crippen molar-refractivity contribution in [3.8, 4) is 11.1 Å². The second kappa shape index (κ2) is 11.4. The molecule has 2 saturated heterocycles. The number of fused-ring (bicyclic) bond motifs is 1. The minimum atomic E-state index is -0.617. The first-order valence-corrected chi connectivity index (χ1v) is 14.0. The van der Waals surface area contributed by atoms with Gasteiger partial charge in [-0.2, -0.15) is 0 Å². The molecule has 8 nitrogen and oxygen atoms in total. The third kappa shape index (κ3) is 5.56. The van der Waals surface area contributed by atoms with Crippen molar-refractivity contribution in [3.63, 3.8) is 0 Å². The summed E-state index contributed by atoms with van der Waals surface area (Å²) in [6.45, 7) is 3.19. The zero-order valence-corrected chi connectivity index (χ0v) is 22.5. The molecular weight excluding hydrogens is 528 g/mol. The number of carbonyl (C=O) groups excluding carboxylic acids is 3. The van der Waals surface area contributed by atoms with E-state index >= 15 is 0 Å². The highest BCUT2D eigenvalue weighted by Gasteiger charge is 2.39. The number of piperidine rings is 2. The molecule has 0 saturated carbocycles. The van der Waals surface area contributed by atoms with Gasteiger partial charge in [0.25, 0.3) is 5.91 Å². The van der Waals surface area contributed by atoms with Gasteiger partial charge in [0.1, 0.15) is 11.9 Å². The molecule has 0 aliphatic carbocycles. The van der Waals surface area contributed by atoms with E-state index in [1.54, 1.807) is 23.1 Å². The van der Waals surface area contributed by atoms with E-state index < -0.39 is 23.6 Å². The smallest absolute Gasteiger partial charge is 0.255 e. The van der Waals surface area contributed by atoms with Crippen molar-refractivity contribution in [3.05, 3.63) is 83.1 Å². The van der Waals surface area contributed by atoms with Crippen molar-refractivity contribution in [1.82, 2.24) is 20.5 Å². The second-order valence-electron chi connectivity index (χ2n) is 11.0. The Morgan fingerprint density at radius 3 is 2.51 bits per heavy atom. The van der Waals surface area contributed by atoms with Gasteiger partial charge in [-0.15, -0.1) is 0 Å². The molecule has 2 N–H and O–H groups in total. The van der Waals surface area contributed by atoms with Gasteiger partial charge < -0.3 is 15.1 Å². The van der Waals surface area contributed by atoms with Crippen LogP contribution in [0.2, 0.25) is 0 Å². The van der Waals surface area contributed by atoms with Gasteiger partial charge in [-0.3, -0.25) is 19.7 Å². The molecule has 10 heteroatoms. The van der Waals surface area contributed by atoms with Gasteiger partial charge in [0.15, 0.2) is 11.6 Å². The number of hydrogen-bond acceptors (Lipinski definition) is 6. The molecule has 3 aromatic rings. The minimum Gasteiger partial charge on any atom is -0.354 e. The summed E-state index contributed by atoms with van der Waals surface area (Å²) in [6.07, 6.45) is 3.89. The van der Waals surface area contributed by atoms with E-state index in [2.05, 4.69) is 15.6 Å². The average molecular weight is 560 g/mol. The molecule has 2 aromatic carbocycles. The van der Waals surface area contributed by atoms with Gasteiger partial charge in [0, 0.05) is 55.5 Å². The molecule has 1 unspecified atom stereocenters. The molecule has 1 atom stereocenters. The maximum absolute atomic E-state index is 14.9. The first-order chi connectivity index (χ1) is 19.9. The van der Waals surface area contributed by atoms with Gasteiger partial charge in [0.05, 0.1) is 0 Å². The average Bonchev–Trinajstić information content (AvgIpc) is 3.29. The van der Waals surface area contributed by atoms with Crippen LogP contribution in [0.3, 0.4) is 0 Å². The molecule has 3 aliphatic rings. The standard InChI is InChI=1S/C31H31F2N5O3/c32-25-4-2-1-3-23(25)21-14-26(33)29(35-17-21)37-11-9-19(10-12-37)15-34-16-20-5-6-24-22(13-20)18-38(31(24)41)27-7-8-28(39)36-30(27)40/h1-6,13-14,17,19,27,34H,7-12,15-16,18H2,(H,36,39,40). The van der Waals surface area contributed by atoms with Crippen LogP contribution >= 0.6 is 0 Å². The largest absolute Gasteiger partial charge is 0.354 e. The Bertz CT molecular complexity index is 1500. The Morgan fingerprint density at radius 1 is 0.951 bits per heavy atom. The molecule has 0 spiro atoms. The third-order valence-electron chi connectivity index (χ3n) is 8.27. The van der Waals surface area contributed by atoms with Crippen LogP contribution in [0.1, 0.15) is 47.2 Å². The number of rotatable bonds is 7. The number of amides is 3. The molecule has 0 radical (unpaired) electrons. The van der Waals surface area contributed by atoms with Gasteiger partial charge in [0.2, 0.25) is 11.8 Å². The molecule has 212 valence electrons. The maximum atomic E-state index is 14.9. The number of hydrogen-bond donors (Lipinski definition) is 2. The van der Waals surface area contributed by atoms with Crippen LogP contribution in [0, 0.1) is 17.6 Å². The molecule has 4 heterocycles. The van der Waals surface area contributed by atoms with Crippen LogP contribution in [-0.4, -0.2) is 53.3 Å². The van der Waals surface area contributed by atoms with E-state index in [0.29, 0.717) is 61.0 Å². The topological polar surface area (TPSA) is 94.6 Å². The molecule has 0 bridgehead atoms. The van der Waals surface area contributed by atoms with Gasteiger partial charge in [-0.1, -0.05) is 30.3 Å². The summed E-state index contributed by atoms with van der Waals surface area (Å²) >= 11 is 0. The lowest BCUT2D eigenvalue weighted by Crippen LogP contribution is -2.52. The monoisotopic (exact) mass is 559 g/mol. The number of carbonyl (C=O) groups is 3. The van der Waals surface area contributed by atoms with Gasteiger partial charge >= 0.3 is 0 Å². The summed E-state index contributed by atoms with van der Waals surface area (Å²) in [5.74, 6) is -0.997. The third-order valence-corrected chi connectivity index (χ3v) is 8.27. The highest BCUT2D eigenvalue weighted by atomic mass is 19.1. The van der Waals surface area contributed by atoms with E-state index in [4.69, 9.17) is 0 Å². The number of nitrogens with one attached hydrogen (secondary N) is 2. The fourth-order valence-electron chi connectivity index (χ4n) is 6.01. The van der Waals surface area contributed by atoms with Crippen molar-refractivity contribution in [2.24, 2.45) is 5.92 Å². The van der Waals surface area contributed by atoms with Gasteiger partial charge in [-0.05, 0) is 61.1 Å². The number of imide groups is 1. The Labute approximate surface area is 236 Å².